The number of carbonyl (C=O) groups is 3. The van der Waals surface area contributed by atoms with E-state index in [1.165, 1.54) is 4.88 Å². The molecule has 0 spiro atoms. The van der Waals surface area contributed by atoms with Crippen molar-refractivity contribution in [1.29, 1.82) is 0 Å². The van der Waals surface area contributed by atoms with Gasteiger partial charge in [0.05, 0.1) is 12.6 Å². The van der Waals surface area contributed by atoms with Gasteiger partial charge in [-0.05, 0) is 36.8 Å². The van der Waals surface area contributed by atoms with Crippen molar-refractivity contribution in [1.82, 2.24) is 16.0 Å². The third-order valence-corrected chi connectivity index (χ3v) is 6.61. The number of rotatable bonds is 7. The molecule has 1 fully saturated rings. The van der Waals surface area contributed by atoms with Gasteiger partial charge in [0.15, 0.2) is 0 Å². The maximum absolute atomic E-state index is 12.2. The molecule has 3 rings (SSSR count). The lowest BCUT2D eigenvalue weighted by Crippen LogP contribution is -2.46. The highest BCUT2D eigenvalue weighted by atomic mass is 32.1. The number of hydrogen-bond acceptors (Lipinski definition) is 4. The highest BCUT2D eigenvalue weighted by molar-refractivity contribution is 7.10. The molecule has 3 N–H and O–H groups in total. The molecule has 1 unspecified atom stereocenters. The van der Waals surface area contributed by atoms with Crippen LogP contribution in [0.3, 0.4) is 0 Å². The quantitative estimate of drug-likeness (QED) is 0.610. The molecule has 1 aromatic heterocycles. The molecule has 154 valence electrons. The van der Waals surface area contributed by atoms with Gasteiger partial charge in [-0.1, -0.05) is 49.2 Å². The lowest BCUT2D eigenvalue weighted by atomic mass is 9.84. The molecule has 1 aliphatic rings. The second kappa shape index (κ2) is 9.69. The summed E-state index contributed by atoms with van der Waals surface area (Å²) in [6, 6.07) is 13.3. The third-order valence-electron chi connectivity index (χ3n) is 5.49. The van der Waals surface area contributed by atoms with Crippen LogP contribution in [0.15, 0.2) is 47.8 Å². The summed E-state index contributed by atoms with van der Waals surface area (Å²) in [4.78, 5) is 37.6. The van der Waals surface area contributed by atoms with Gasteiger partial charge in [-0.25, -0.2) is 0 Å². The van der Waals surface area contributed by atoms with Crippen molar-refractivity contribution >= 4 is 29.1 Å². The van der Waals surface area contributed by atoms with E-state index in [0.29, 0.717) is 6.54 Å². The van der Waals surface area contributed by atoms with Crippen molar-refractivity contribution in [3.63, 3.8) is 0 Å². The molecule has 0 saturated heterocycles. The number of hydrogen-bond donors (Lipinski definition) is 3. The van der Waals surface area contributed by atoms with Gasteiger partial charge in [0.25, 0.3) is 0 Å². The molecular weight excluding hydrogens is 386 g/mol. The van der Waals surface area contributed by atoms with E-state index in [9.17, 15) is 14.4 Å². The normalized spacial score (nSPS) is 16.0. The number of amides is 3. The summed E-state index contributed by atoms with van der Waals surface area (Å²) in [5, 5.41) is 10.0. The topological polar surface area (TPSA) is 87.3 Å². The van der Waals surface area contributed by atoms with Crippen LogP contribution in [0.25, 0.3) is 0 Å². The van der Waals surface area contributed by atoms with E-state index in [0.717, 1.165) is 31.2 Å². The predicted octanol–water partition coefficient (Wildman–Crippen LogP) is 2.67. The fraction of sp³-hybridized carbons (Fsp3) is 0.409. The Hall–Kier alpha value is -2.67. The van der Waals surface area contributed by atoms with E-state index in [-0.39, 0.29) is 23.9 Å². The van der Waals surface area contributed by atoms with Crippen LogP contribution in [0.1, 0.15) is 49.1 Å². The zero-order valence-corrected chi connectivity index (χ0v) is 17.4. The molecule has 7 heteroatoms. The first kappa shape index (κ1) is 21.0. The standard InChI is InChI=1S/C22H27N3O3S/c1-16(17-8-3-2-4-9-17)25-21(28)20(27)23-14-19(26)24-15-22(11-5-6-12-22)18-10-7-13-29-18/h2-4,7-10,13,16H,5-6,11-12,14-15H2,1H3,(H,23,27)(H,24,26)(H,25,28). The molecule has 6 nitrogen and oxygen atoms in total. The van der Waals surface area contributed by atoms with Gasteiger partial charge in [-0.2, -0.15) is 0 Å². The highest BCUT2D eigenvalue weighted by Gasteiger charge is 2.36. The molecule has 1 aliphatic carbocycles. The maximum Gasteiger partial charge on any atom is 0.309 e. The van der Waals surface area contributed by atoms with Crippen LogP contribution in [-0.2, 0) is 19.8 Å². The Morgan fingerprint density at radius 3 is 2.38 bits per heavy atom. The van der Waals surface area contributed by atoms with Gasteiger partial charge in [-0.15, -0.1) is 11.3 Å². The minimum Gasteiger partial charge on any atom is -0.354 e. The van der Waals surface area contributed by atoms with Crippen LogP contribution in [0.2, 0.25) is 0 Å². The SMILES string of the molecule is CC(NC(=O)C(=O)NCC(=O)NCC1(c2cccs2)CCCC1)c1ccccc1. The van der Waals surface area contributed by atoms with Crippen molar-refractivity contribution in [2.45, 2.75) is 44.1 Å². The fourth-order valence-electron chi connectivity index (χ4n) is 3.80. The minimum atomic E-state index is -0.809. The Bertz CT molecular complexity index is 830. The highest BCUT2D eigenvalue weighted by Crippen LogP contribution is 2.42. The van der Waals surface area contributed by atoms with Crippen molar-refractivity contribution in [2.24, 2.45) is 0 Å². The first-order valence-electron chi connectivity index (χ1n) is 9.94. The Balaban J connectivity index is 1.44. The molecular formula is C22H27N3O3S. The Morgan fingerprint density at radius 2 is 1.72 bits per heavy atom. The monoisotopic (exact) mass is 413 g/mol. The maximum atomic E-state index is 12.2. The Labute approximate surface area is 175 Å². The molecule has 2 aromatic rings. The number of nitrogens with one attached hydrogen (secondary N) is 3. The van der Waals surface area contributed by atoms with Crippen molar-refractivity contribution < 1.29 is 14.4 Å². The fourth-order valence-corrected chi connectivity index (χ4v) is 4.79. The zero-order chi connectivity index (χ0) is 20.7. The summed E-state index contributed by atoms with van der Waals surface area (Å²) in [5.74, 6) is -1.85. The van der Waals surface area contributed by atoms with Crippen LogP contribution in [0, 0.1) is 0 Å². The van der Waals surface area contributed by atoms with Gasteiger partial charge in [0.1, 0.15) is 0 Å². The summed E-state index contributed by atoms with van der Waals surface area (Å²) in [5.41, 5.74) is 0.901. The van der Waals surface area contributed by atoms with Crippen molar-refractivity contribution in [3.05, 3.63) is 58.3 Å². The summed E-state index contributed by atoms with van der Waals surface area (Å²) < 4.78 is 0. The predicted molar refractivity (Wildman–Crippen MR) is 113 cm³/mol. The molecule has 0 aliphatic heterocycles. The first-order chi connectivity index (χ1) is 14.0. The van der Waals surface area contributed by atoms with Gasteiger partial charge in [0, 0.05) is 16.8 Å². The van der Waals surface area contributed by atoms with Gasteiger partial charge < -0.3 is 16.0 Å². The van der Waals surface area contributed by atoms with E-state index in [1.807, 2.05) is 36.4 Å². The number of benzene rings is 1. The van der Waals surface area contributed by atoms with Crippen LogP contribution >= 0.6 is 11.3 Å². The van der Waals surface area contributed by atoms with Crippen molar-refractivity contribution in [3.8, 4) is 0 Å². The largest absolute Gasteiger partial charge is 0.354 e. The Kier molecular flexibility index (Phi) is 7.04. The van der Waals surface area contributed by atoms with E-state index in [2.05, 4.69) is 27.4 Å². The van der Waals surface area contributed by atoms with Crippen LogP contribution in [0.4, 0.5) is 0 Å². The average molecular weight is 414 g/mol. The molecule has 1 saturated carbocycles. The smallest absolute Gasteiger partial charge is 0.309 e. The molecule has 3 amide bonds. The minimum absolute atomic E-state index is 0.00364. The third kappa shape index (κ3) is 5.44. The molecule has 29 heavy (non-hydrogen) atoms. The average Bonchev–Trinajstić information content (AvgIpc) is 3.43. The molecule has 0 bridgehead atoms. The second-order valence-electron chi connectivity index (χ2n) is 7.53. The zero-order valence-electron chi connectivity index (χ0n) is 16.6. The summed E-state index contributed by atoms with van der Waals surface area (Å²) >= 11 is 1.72. The Morgan fingerprint density at radius 1 is 1.00 bits per heavy atom. The van der Waals surface area contributed by atoms with Gasteiger partial charge in [-0.3, -0.25) is 14.4 Å². The van der Waals surface area contributed by atoms with Gasteiger partial charge in [0.2, 0.25) is 5.91 Å². The molecule has 1 heterocycles. The summed E-state index contributed by atoms with van der Waals surface area (Å²) in [7, 11) is 0. The molecule has 1 aromatic carbocycles. The van der Waals surface area contributed by atoms with Crippen LogP contribution in [-0.4, -0.2) is 30.8 Å². The molecule has 1 atom stereocenters. The van der Waals surface area contributed by atoms with Gasteiger partial charge >= 0.3 is 11.8 Å². The lowest BCUT2D eigenvalue weighted by molar-refractivity contribution is -0.140. The second-order valence-corrected chi connectivity index (χ2v) is 8.48. The first-order valence-corrected chi connectivity index (χ1v) is 10.8. The summed E-state index contributed by atoms with van der Waals surface area (Å²) in [6.07, 6.45) is 4.43. The van der Waals surface area contributed by atoms with E-state index in [4.69, 9.17) is 0 Å². The van der Waals surface area contributed by atoms with Crippen LogP contribution < -0.4 is 16.0 Å². The van der Waals surface area contributed by atoms with E-state index < -0.39 is 11.8 Å². The summed E-state index contributed by atoms with van der Waals surface area (Å²) in [6.45, 7) is 2.14. The van der Waals surface area contributed by atoms with Crippen molar-refractivity contribution in [2.75, 3.05) is 13.1 Å². The van der Waals surface area contributed by atoms with E-state index >= 15 is 0 Å². The number of thiophene rings is 1. The lowest BCUT2D eigenvalue weighted by Gasteiger charge is -2.28. The molecule has 0 radical (unpaired) electrons. The number of carbonyl (C=O) groups excluding carboxylic acids is 3. The van der Waals surface area contributed by atoms with E-state index in [1.54, 1.807) is 18.3 Å². The van der Waals surface area contributed by atoms with Crippen LogP contribution in [0.5, 0.6) is 0 Å².